The van der Waals surface area contributed by atoms with Crippen molar-refractivity contribution in [3.63, 3.8) is 0 Å². The molecule has 1 saturated heterocycles. The predicted molar refractivity (Wildman–Crippen MR) is 163 cm³/mol. The van der Waals surface area contributed by atoms with Gasteiger partial charge in [0.25, 0.3) is 11.7 Å². The van der Waals surface area contributed by atoms with Crippen LogP contribution in [0.1, 0.15) is 48.1 Å². The van der Waals surface area contributed by atoms with Gasteiger partial charge in [0.15, 0.2) is 11.5 Å². The standard InChI is InChI=1S/C34H40N2O6/c1-6-7-20-41-28-17-14-25(21-29(28)40-5)31-30(33(38)34(39)36(31)19-18-35(3)4)32(37)24-12-15-27(16-13-24)42-22-26-11-9-8-10-23(26)2/h8-17,21,31,37H,6-7,18-20,22H2,1-5H3/b32-30+. The van der Waals surface area contributed by atoms with Crippen molar-refractivity contribution in [1.82, 2.24) is 9.80 Å². The zero-order valence-corrected chi connectivity index (χ0v) is 25.1. The number of aliphatic hydroxyl groups is 1. The molecule has 0 spiro atoms. The quantitative estimate of drug-likeness (QED) is 0.121. The van der Waals surface area contributed by atoms with Crippen molar-refractivity contribution in [2.24, 2.45) is 0 Å². The van der Waals surface area contributed by atoms with E-state index < -0.39 is 17.7 Å². The Morgan fingerprint density at radius 1 is 0.976 bits per heavy atom. The number of ketones is 1. The van der Waals surface area contributed by atoms with Gasteiger partial charge < -0.3 is 29.1 Å². The lowest BCUT2D eigenvalue weighted by Crippen LogP contribution is -2.35. The molecule has 3 aromatic carbocycles. The summed E-state index contributed by atoms with van der Waals surface area (Å²) < 4.78 is 17.4. The first kappa shape index (κ1) is 30.7. The highest BCUT2D eigenvalue weighted by Crippen LogP contribution is 2.42. The lowest BCUT2D eigenvalue weighted by atomic mass is 9.95. The van der Waals surface area contributed by atoms with Gasteiger partial charge in [-0.05, 0) is 80.5 Å². The van der Waals surface area contributed by atoms with E-state index in [1.54, 1.807) is 43.5 Å². The third-order valence-electron chi connectivity index (χ3n) is 7.37. The summed E-state index contributed by atoms with van der Waals surface area (Å²) in [5.74, 6) is 0.0972. The molecule has 3 aromatic rings. The fourth-order valence-corrected chi connectivity index (χ4v) is 4.86. The van der Waals surface area contributed by atoms with Gasteiger partial charge in [0.05, 0.1) is 25.3 Å². The molecule has 8 nitrogen and oxygen atoms in total. The van der Waals surface area contributed by atoms with Crippen molar-refractivity contribution in [3.8, 4) is 17.2 Å². The van der Waals surface area contributed by atoms with Crippen molar-refractivity contribution in [1.29, 1.82) is 0 Å². The molecule has 222 valence electrons. The third-order valence-corrected chi connectivity index (χ3v) is 7.37. The molecule has 8 heteroatoms. The number of carbonyl (C=O) groups is 2. The van der Waals surface area contributed by atoms with Crippen LogP contribution in [0, 0.1) is 6.92 Å². The number of amides is 1. The summed E-state index contributed by atoms with van der Waals surface area (Å²) in [4.78, 5) is 30.1. The molecule has 1 aliphatic rings. The monoisotopic (exact) mass is 572 g/mol. The van der Waals surface area contributed by atoms with E-state index >= 15 is 0 Å². The molecule has 0 aliphatic carbocycles. The van der Waals surface area contributed by atoms with Crippen LogP contribution in [0.4, 0.5) is 0 Å². The minimum Gasteiger partial charge on any atom is -0.507 e. The first-order chi connectivity index (χ1) is 20.2. The number of aryl methyl sites for hydroxylation is 1. The molecule has 0 bridgehead atoms. The number of ether oxygens (including phenoxy) is 3. The summed E-state index contributed by atoms with van der Waals surface area (Å²) in [5.41, 5.74) is 3.32. The van der Waals surface area contributed by atoms with Crippen LogP contribution in [0.3, 0.4) is 0 Å². The average molecular weight is 573 g/mol. The summed E-state index contributed by atoms with van der Waals surface area (Å²) in [7, 11) is 5.36. The van der Waals surface area contributed by atoms with Crippen LogP contribution in [-0.4, -0.2) is 67.5 Å². The molecule has 1 aliphatic heterocycles. The zero-order valence-electron chi connectivity index (χ0n) is 25.1. The van der Waals surface area contributed by atoms with Crippen molar-refractivity contribution in [3.05, 3.63) is 94.6 Å². The Labute approximate surface area is 248 Å². The number of Topliss-reactive ketones (excluding diaryl/α,β-unsaturated/α-hetero) is 1. The highest BCUT2D eigenvalue weighted by atomic mass is 16.5. The number of nitrogens with zero attached hydrogens (tertiary/aromatic N) is 2. The maximum Gasteiger partial charge on any atom is 0.295 e. The number of aliphatic hydroxyl groups excluding tert-OH is 1. The van der Waals surface area contributed by atoms with Gasteiger partial charge in [0, 0.05) is 18.7 Å². The van der Waals surface area contributed by atoms with Gasteiger partial charge in [-0.15, -0.1) is 0 Å². The number of methoxy groups -OCH3 is 1. The van der Waals surface area contributed by atoms with Crippen LogP contribution in [0.2, 0.25) is 0 Å². The first-order valence-electron chi connectivity index (χ1n) is 14.3. The zero-order chi connectivity index (χ0) is 30.2. The second-order valence-electron chi connectivity index (χ2n) is 10.6. The second kappa shape index (κ2) is 14.0. The Morgan fingerprint density at radius 3 is 2.38 bits per heavy atom. The van der Waals surface area contributed by atoms with Gasteiger partial charge in [0.1, 0.15) is 18.1 Å². The summed E-state index contributed by atoms with van der Waals surface area (Å²) in [6, 6.07) is 19.5. The fraction of sp³-hybridized carbons (Fsp3) is 0.353. The molecule has 1 N–H and O–H groups in total. The van der Waals surface area contributed by atoms with Crippen LogP contribution < -0.4 is 14.2 Å². The maximum absolute atomic E-state index is 13.4. The van der Waals surface area contributed by atoms with Crippen LogP contribution in [0.5, 0.6) is 17.2 Å². The number of benzene rings is 3. The topological polar surface area (TPSA) is 88.5 Å². The van der Waals surface area contributed by atoms with E-state index in [9.17, 15) is 14.7 Å². The van der Waals surface area contributed by atoms with Gasteiger partial charge in [-0.2, -0.15) is 0 Å². The van der Waals surface area contributed by atoms with E-state index in [-0.39, 0.29) is 11.3 Å². The summed E-state index contributed by atoms with van der Waals surface area (Å²) in [6.45, 7) is 5.94. The molecule has 1 atom stereocenters. The van der Waals surface area contributed by atoms with Gasteiger partial charge in [0.2, 0.25) is 0 Å². The van der Waals surface area contributed by atoms with E-state index in [1.165, 1.54) is 4.90 Å². The predicted octanol–water partition coefficient (Wildman–Crippen LogP) is 5.74. The number of likely N-dealkylation sites (N-methyl/N-ethyl adjacent to an activating group) is 1. The highest BCUT2D eigenvalue weighted by molar-refractivity contribution is 6.46. The van der Waals surface area contributed by atoms with Crippen molar-refractivity contribution >= 4 is 17.4 Å². The van der Waals surface area contributed by atoms with Crippen LogP contribution in [-0.2, 0) is 16.2 Å². The van der Waals surface area contributed by atoms with Gasteiger partial charge >= 0.3 is 0 Å². The van der Waals surface area contributed by atoms with Crippen molar-refractivity contribution in [2.75, 3.05) is 40.9 Å². The van der Waals surface area contributed by atoms with Crippen LogP contribution in [0.15, 0.2) is 72.3 Å². The van der Waals surface area contributed by atoms with E-state index in [0.717, 1.165) is 24.0 Å². The van der Waals surface area contributed by atoms with E-state index in [1.807, 2.05) is 56.3 Å². The maximum atomic E-state index is 13.4. The molecule has 4 rings (SSSR count). The Morgan fingerprint density at radius 2 is 1.71 bits per heavy atom. The Balaban J connectivity index is 1.68. The molecule has 1 amide bonds. The van der Waals surface area contributed by atoms with Crippen LogP contribution >= 0.6 is 0 Å². The molecule has 42 heavy (non-hydrogen) atoms. The lowest BCUT2D eigenvalue weighted by Gasteiger charge is -2.27. The number of hydrogen-bond donors (Lipinski definition) is 1. The Kier molecular flexibility index (Phi) is 10.3. The molecule has 0 saturated carbocycles. The third kappa shape index (κ3) is 6.94. The molecule has 1 unspecified atom stereocenters. The van der Waals surface area contributed by atoms with E-state index in [2.05, 4.69) is 6.92 Å². The van der Waals surface area contributed by atoms with Gasteiger partial charge in [-0.25, -0.2) is 0 Å². The highest BCUT2D eigenvalue weighted by Gasteiger charge is 2.46. The number of likely N-dealkylation sites (tertiary alicyclic amines) is 1. The van der Waals surface area contributed by atoms with Crippen molar-refractivity contribution < 1.29 is 28.9 Å². The van der Waals surface area contributed by atoms with Crippen LogP contribution in [0.25, 0.3) is 5.76 Å². The Hall–Kier alpha value is -4.30. The molecule has 0 aromatic heterocycles. The second-order valence-corrected chi connectivity index (χ2v) is 10.6. The van der Waals surface area contributed by atoms with Crippen molar-refractivity contribution in [2.45, 2.75) is 39.3 Å². The molecule has 0 radical (unpaired) electrons. The fourth-order valence-electron chi connectivity index (χ4n) is 4.86. The number of hydrogen-bond acceptors (Lipinski definition) is 7. The summed E-state index contributed by atoms with van der Waals surface area (Å²) >= 11 is 0. The number of rotatable bonds is 13. The summed E-state index contributed by atoms with van der Waals surface area (Å²) in [6.07, 6.45) is 1.91. The number of carbonyl (C=O) groups excluding carboxylic acids is 2. The smallest absolute Gasteiger partial charge is 0.295 e. The van der Waals surface area contributed by atoms with Gasteiger partial charge in [-0.3, -0.25) is 9.59 Å². The number of unbranched alkanes of at least 4 members (excludes halogenated alkanes) is 1. The lowest BCUT2D eigenvalue weighted by molar-refractivity contribution is -0.140. The minimum atomic E-state index is -0.791. The van der Waals surface area contributed by atoms with Gasteiger partial charge in [-0.1, -0.05) is 43.7 Å². The molecule has 1 heterocycles. The summed E-state index contributed by atoms with van der Waals surface area (Å²) in [5, 5.41) is 11.5. The van der Waals surface area contributed by atoms with E-state index in [0.29, 0.717) is 54.7 Å². The SMILES string of the molecule is CCCCOc1ccc(C2/C(=C(\O)c3ccc(OCc4ccccc4C)cc3)C(=O)C(=O)N2CCN(C)C)cc1OC. The Bertz CT molecular complexity index is 1430. The first-order valence-corrected chi connectivity index (χ1v) is 14.3. The molecular formula is C34H40N2O6. The molecule has 1 fully saturated rings. The minimum absolute atomic E-state index is 0.0361. The average Bonchev–Trinajstić information content (AvgIpc) is 3.24. The largest absolute Gasteiger partial charge is 0.507 e. The molecular weight excluding hydrogens is 532 g/mol. The van der Waals surface area contributed by atoms with E-state index in [4.69, 9.17) is 14.2 Å². The normalized spacial score (nSPS) is 16.2.